The summed E-state index contributed by atoms with van der Waals surface area (Å²) < 4.78 is 27.7. The number of thioether (sulfide) groups is 1. The van der Waals surface area contributed by atoms with Crippen molar-refractivity contribution in [1.82, 2.24) is 5.32 Å². The molecule has 3 aromatic rings. The molecule has 1 aliphatic heterocycles. The van der Waals surface area contributed by atoms with Crippen LogP contribution in [0.3, 0.4) is 0 Å². The van der Waals surface area contributed by atoms with Gasteiger partial charge in [0, 0.05) is 36.2 Å². The smallest absolute Gasteiger partial charge is 0.188 e. The third kappa shape index (κ3) is 7.72. The second kappa shape index (κ2) is 15.3. The van der Waals surface area contributed by atoms with Crippen LogP contribution in [0.5, 0.6) is 17.2 Å². The summed E-state index contributed by atoms with van der Waals surface area (Å²) >= 11 is 1.88. The molecule has 1 unspecified atom stereocenters. The monoisotopic (exact) mass is 565 g/mol. The standard InChI is InChI=1S/C33H43NO5S/c1-5-18-34-19-6-7-20-37-27-12-8-25(9-13-27)32-30-17-16-29(39-24-36-4)21-31(30)40-22-33(32,2)26-10-14-28(15-11-26)38-23-35-3/h8-17,21,32,34H,5-7,18-20,22-24H2,1-4H3/t32?,33-/m0/s1. The first-order valence-electron chi connectivity index (χ1n) is 14.1. The van der Waals surface area contributed by atoms with Crippen LogP contribution < -0.4 is 19.5 Å². The van der Waals surface area contributed by atoms with Crippen LogP contribution in [-0.2, 0) is 14.9 Å². The highest BCUT2D eigenvalue weighted by molar-refractivity contribution is 7.99. The number of unbranched alkanes of at least 4 members (excludes halogenated alkanes) is 1. The molecule has 0 spiro atoms. The maximum absolute atomic E-state index is 6.08. The van der Waals surface area contributed by atoms with E-state index in [2.05, 4.69) is 67.7 Å². The molecule has 2 atom stereocenters. The molecule has 1 heterocycles. The normalized spacial score (nSPS) is 18.2. The highest BCUT2D eigenvalue weighted by Crippen LogP contribution is 2.53. The molecule has 0 amide bonds. The molecular formula is C33H43NO5S. The van der Waals surface area contributed by atoms with E-state index in [4.69, 9.17) is 23.7 Å². The van der Waals surface area contributed by atoms with E-state index in [0.29, 0.717) is 0 Å². The zero-order chi connectivity index (χ0) is 28.2. The van der Waals surface area contributed by atoms with Gasteiger partial charge in [0.1, 0.15) is 17.2 Å². The molecular weight excluding hydrogens is 522 g/mol. The Labute approximate surface area is 243 Å². The number of methoxy groups -OCH3 is 2. The van der Waals surface area contributed by atoms with Crippen molar-refractivity contribution in [2.45, 2.75) is 49.3 Å². The van der Waals surface area contributed by atoms with Crippen LogP contribution in [0, 0.1) is 0 Å². The average Bonchev–Trinajstić information content (AvgIpc) is 2.99. The predicted octanol–water partition coefficient (Wildman–Crippen LogP) is 7.01. The Bertz CT molecular complexity index is 1170. The first kappa shape index (κ1) is 30.3. The minimum absolute atomic E-state index is 0.139. The van der Waals surface area contributed by atoms with Gasteiger partial charge in [-0.3, -0.25) is 0 Å². The van der Waals surface area contributed by atoms with E-state index in [0.717, 1.165) is 55.5 Å². The zero-order valence-electron chi connectivity index (χ0n) is 24.2. The van der Waals surface area contributed by atoms with Gasteiger partial charge in [0.2, 0.25) is 0 Å². The summed E-state index contributed by atoms with van der Waals surface area (Å²) in [5.41, 5.74) is 3.71. The summed E-state index contributed by atoms with van der Waals surface area (Å²) in [6.45, 7) is 7.89. The Morgan fingerprint density at radius 2 is 1.45 bits per heavy atom. The number of hydrogen-bond acceptors (Lipinski definition) is 7. The van der Waals surface area contributed by atoms with Gasteiger partial charge in [-0.05, 0) is 85.4 Å². The first-order valence-corrected chi connectivity index (χ1v) is 15.1. The third-order valence-electron chi connectivity index (χ3n) is 7.32. The molecule has 7 heteroatoms. The van der Waals surface area contributed by atoms with E-state index in [-0.39, 0.29) is 24.9 Å². The summed E-state index contributed by atoms with van der Waals surface area (Å²) in [7, 11) is 3.27. The van der Waals surface area contributed by atoms with Gasteiger partial charge in [0.15, 0.2) is 13.6 Å². The van der Waals surface area contributed by atoms with Gasteiger partial charge in [0.05, 0.1) is 6.61 Å². The van der Waals surface area contributed by atoms with E-state index in [1.54, 1.807) is 14.2 Å². The van der Waals surface area contributed by atoms with Gasteiger partial charge in [-0.1, -0.05) is 44.2 Å². The summed E-state index contributed by atoms with van der Waals surface area (Å²) in [4.78, 5) is 1.24. The van der Waals surface area contributed by atoms with Crippen LogP contribution >= 0.6 is 11.8 Å². The molecule has 0 aliphatic carbocycles. The van der Waals surface area contributed by atoms with Crippen molar-refractivity contribution < 1.29 is 23.7 Å². The van der Waals surface area contributed by atoms with Crippen LogP contribution in [0.1, 0.15) is 55.7 Å². The second-order valence-electron chi connectivity index (χ2n) is 10.3. The molecule has 4 rings (SSSR count). The number of benzene rings is 3. The lowest BCUT2D eigenvalue weighted by molar-refractivity contribution is 0.0508. The zero-order valence-corrected chi connectivity index (χ0v) is 25.1. The Morgan fingerprint density at radius 1 is 0.800 bits per heavy atom. The lowest BCUT2D eigenvalue weighted by atomic mass is 9.67. The fourth-order valence-electron chi connectivity index (χ4n) is 5.21. The maximum Gasteiger partial charge on any atom is 0.188 e. The van der Waals surface area contributed by atoms with E-state index in [1.165, 1.54) is 28.0 Å². The molecule has 6 nitrogen and oxygen atoms in total. The van der Waals surface area contributed by atoms with Crippen molar-refractivity contribution in [3.8, 4) is 17.2 Å². The molecule has 0 saturated heterocycles. The minimum atomic E-state index is -0.139. The fraction of sp³-hybridized carbons (Fsp3) is 0.455. The molecule has 0 saturated carbocycles. The highest BCUT2D eigenvalue weighted by Gasteiger charge is 2.42. The molecule has 1 N–H and O–H groups in total. The molecule has 0 bridgehead atoms. The molecule has 40 heavy (non-hydrogen) atoms. The summed E-state index contributed by atoms with van der Waals surface area (Å²) in [5.74, 6) is 3.63. The van der Waals surface area contributed by atoms with Gasteiger partial charge in [-0.15, -0.1) is 11.8 Å². The number of ether oxygens (including phenoxy) is 5. The summed E-state index contributed by atoms with van der Waals surface area (Å²) in [6, 6.07) is 23.5. The number of fused-ring (bicyclic) bond motifs is 1. The lowest BCUT2D eigenvalue weighted by Crippen LogP contribution is -2.36. The predicted molar refractivity (Wildman–Crippen MR) is 162 cm³/mol. The van der Waals surface area contributed by atoms with Crippen LogP contribution in [0.2, 0.25) is 0 Å². The van der Waals surface area contributed by atoms with Gasteiger partial charge < -0.3 is 29.0 Å². The van der Waals surface area contributed by atoms with Gasteiger partial charge in [0.25, 0.3) is 0 Å². The van der Waals surface area contributed by atoms with Crippen LogP contribution in [0.15, 0.2) is 71.6 Å². The quantitative estimate of drug-likeness (QED) is 0.148. The van der Waals surface area contributed by atoms with E-state index < -0.39 is 0 Å². The van der Waals surface area contributed by atoms with E-state index >= 15 is 0 Å². The molecule has 0 fully saturated rings. The Kier molecular flexibility index (Phi) is 11.6. The van der Waals surface area contributed by atoms with Gasteiger partial charge >= 0.3 is 0 Å². The number of hydrogen-bond donors (Lipinski definition) is 1. The number of rotatable bonds is 16. The highest BCUT2D eigenvalue weighted by atomic mass is 32.2. The van der Waals surface area contributed by atoms with Crippen LogP contribution in [-0.4, -0.2) is 53.3 Å². The van der Waals surface area contributed by atoms with Crippen LogP contribution in [0.25, 0.3) is 0 Å². The topological polar surface area (TPSA) is 58.2 Å². The minimum Gasteiger partial charge on any atom is -0.494 e. The van der Waals surface area contributed by atoms with Crippen molar-refractivity contribution in [3.05, 3.63) is 83.4 Å². The molecule has 0 radical (unpaired) electrons. The third-order valence-corrected chi connectivity index (χ3v) is 8.73. The SMILES string of the molecule is CCCNCCCCOc1ccc(C2c3ccc(OCOC)cc3SC[C@@]2(C)c2ccc(OCOC)cc2)cc1. The van der Waals surface area contributed by atoms with Gasteiger partial charge in [-0.2, -0.15) is 0 Å². The molecule has 216 valence electrons. The molecule has 1 aliphatic rings. The van der Waals surface area contributed by atoms with Gasteiger partial charge in [-0.25, -0.2) is 0 Å². The fourth-order valence-corrected chi connectivity index (χ4v) is 6.55. The lowest BCUT2D eigenvalue weighted by Gasteiger charge is -2.43. The largest absolute Gasteiger partial charge is 0.494 e. The Morgan fingerprint density at radius 3 is 2.15 bits per heavy atom. The van der Waals surface area contributed by atoms with Crippen LogP contribution in [0.4, 0.5) is 0 Å². The maximum atomic E-state index is 6.08. The van der Waals surface area contributed by atoms with E-state index in [9.17, 15) is 0 Å². The second-order valence-corrected chi connectivity index (χ2v) is 11.4. The molecule has 3 aromatic carbocycles. The first-order chi connectivity index (χ1) is 19.6. The summed E-state index contributed by atoms with van der Waals surface area (Å²) in [5, 5.41) is 3.45. The van der Waals surface area contributed by atoms with Crippen molar-refractivity contribution in [2.75, 3.05) is 53.3 Å². The Balaban J connectivity index is 1.57. The Hall–Kier alpha value is -2.71. The number of nitrogens with one attached hydrogen (secondary N) is 1. The van der Waals surface area contributed by atoms with Crippen molar-refractivity contribution in [1.29, 1.82) is 0 Å². The van der Waals surface area contributed by atoms with E-state index in [1.807, 2.05) is 30.0 Å². The molecule has 0 aromatic heterocycles. The average molecular weight is 566 g/mol. The van der Waals surface area contributed by atoms with Crippen molar-refractivity contribution in [2.24, 2.45) is 0 Å². The van der Waals surface area contributed by atoms with Crippen molar-refractivity contribution >= 4 is 11.8 Å². The van der Waals surface area contributed by atoms with Crippen molar-refractivity contribution in [3.63, 3.8) is 0 Å². The summed E-state index contributed by atoms with van der Waals surface area (Å²) in [6.07, 6.45) is 3.34.